The molecule has 0 unspecified atom stereocenters. The van der Waals surface area contributed by atoms with Crippen LogP contribution in [0.25, 0.3) is 21.9 Å². The highest BCUT2D eigenvalue weighted by molar-refractivity contribution is 7.16. The molecule has 152 valence electrons. The first-order valence-corrected chi connectivity index (χ1v) is 10.9. The molecule has 0 saturated heterocycles. The average molecular weight is 426 g/mol. The Labute approximate surface area is 183 Å². The standard InChI is InChI=1S/C25H19N3O2S/c1-27-16-28(22-11-3-2-10-21(22)27)18-7-5-9-20(15-18)29-19-8-4-6-17(14-19)24-26-25-23(30-24)12-13-31-25/h2-15H,16H2,1H3. The maximum atomic E-state index is 6.20. The van der Waals surface area contributed by atoms with E-state index in [0.717, 1.165) is 39.8 Å². The van der Waals surface area contributed by atoms with Crippen LogP contribution in [-0.4, -0.2) is 18.7 Å². The lowest BCUT2D eigenvalue weighted by Crippen LogP contribution is -2.23. The Bertz CT molecular complexity index is 1360. The van der Waals surface area contributed by atoms with E-state index in [9.17, 15) is 0 Å². The molecule has 0 radical (unpaired) electrons. The second kappa shape index (κ2) is 7.18. The first-order chi connectivity index (χ1) is 15.2. The van der Waals surface area contributed by atoms with Crippen LogP contribution < -0.4 is 14.5 Å². The highest BCUT2D eigenvalue weighted by Crippen LogP contribution is 2.40. The van der Waals surface area contributed by atoms with Crippen molar-refractivity contribution in [3.63, 3.8) is 0 Å². The third-order valence-corrected chi connectivity index (χ3v) is 6.19. The van der Waals surface area contributed by atoms with Crippen molar-refractivity contribution in [1.29, 1.82) is 0 Å². The first kappa shape index (κ1) is 18.0. The van der Waals surface area contributed by atoms with E-state index in [0.29, 0.717) is 5.89 Å². The minimum absolute atomic E-state index is 0.609. The molecule has 31 heavy (non-hydrogen) atoms. The van der Waals surface area contributed by atoms with Crippen LogP contribution >= 0.6 is 11.3 Å². The molecule has 1 aliphatic heterocycles. The number of para-hydroxylation sites is 2. The number of anilines is 3. The van der Waals surface area contributed by atoms with E-state index in [1.807, 2.05) is 47.8 Å². The Hall–Kier alpha value is -3.77. The number of hydrogen-bond acceptors (Lipinski definition) is 6. The molecular weight excluding hydrogens is 406 g/mol. The molecule has 5 aromatic rings. The molecule has 0 N–H and O–H groups in total. The van der Waals surface area contributed by atoms with Gasteiger partial charge in [-0.3, -0.25) is 0 Å². The summed E-state index contributed by atoms with van der Waals surface area (Å²) in [4.78, 5) is 10.0. The van der Waals surface area contributed by atoms with Crippen LogP contribution in [0.4, 0.5) is 17.1 Å². The highest BCUT2D eigenvalue weighted by atomic mass is 32.1. The summed E-state index contributed by atoms with van der Waals surface area (Å²) in [5, 5.41) is 1.98. The molecular formula is C25H19N3O2S. The van der Waals surface area contributed by atoms with E-state index in [1.165, 1.54) is 11.4 Å². The van der Waals surface area contributed by atoms with E-state index < -0.39 is 0 Å². The maximum Gasteiger partial charge on any atom is 0.228 e. The fourth-order valence-corrected chi connectivity index (χ4v) is 4.62. The summed E-state index contributed by atoms with van der Waals surface area (Å²) in [6.45, 7) is 0.805. The Balaban J connectivity index is 1.28. The number of aromatic nitrogens is 1. The summed E-state index contributed by atoms with van der Waals surface area (Å²) in [7, 11) is 2.11. The summed E-state index contributed by atoms with van der Waals surface area (Å²) >= 11 is 1.57. The lowest BCUT2D eigenvalue weighted by Gasteiger charge is -2.20. The Kier molecular flexibility index (Phi) is 4.18. The van der Waals surface area contributed by atoms with Gasteiger partial charge in [0, 0.05) is 24.4 Å². The van der Waals surface area contributed by atoms with E-state index in [1.54, 1.807) is 11.3 Å². The number of rotatable bonds is 4. The van der Waals surface area contributed by atoms with Crippen LogP contribution in [0.15, 0.2) is 88.7 Å². The van der Waals surface area contributed by atoms with Gasteiger partial charge in [0.15, 0.2) is 10.4 Å². The van der Waals surface area contributed by atoms with Crippen molar-refractivity contribution >= 4 is 38.8 Å². The van der Waals surface area contributed by atoms with Crippen LogP contribution in [-0.2, 0) is 0 Å². The first-order valence-electron chi connectivity index (χ1n) is 10.0. The van der Waals surface area contributed by atoms with Crippen molar-refractivity contribution in [2.75, 3.05) is 23.5 Å². The SMILES string of the molecule is CN1CN(c2cccc(Oc3cccc(-c4nc5sccc5o4)c3)c2)c2ccccc21. The maximum absolute atomic E-state index is 6.20. The van der Waals surface area contributed by atoms with Gasteiger partial charge in [0.25, 0.3) is 0 Å². The van der Waals surface area contributed by atoms with Gasteiger partial charge < -0.3 is 19.0 Å². The van der Waals surface area contributed by atoms with Crippen LogP contribution in [0.2, 0.25) is 0 Å². The number of ether oxygens (including phenoxy) is 1. The highest BCUT2D eigenvalue weighted by Gasteiger charge is 2.24. The second-order valence-corrected chi connectivity index (χ2v) is 8.39. The number of oxazole rings is 1. The largest absolute Gasteiger partial charge is 0.457 e. The molecule has 2 aromatic heterocycles. The Morgan fingerprint density at radius 2 is 1.71 bits per heavy atom. The third kappa shape index (κ3) is 3.21. The van der Waals surface area contributed by atoms with E-state index in [2.05, 4.69) is 58.2 Å². The molecule has 6 heteroatoms. The molecule has 6 rings (SSSR count). The number of benzene rings is 3. The van der Waals surface area contributed by atoms with Crippen molar-refractivity contribution in [3.8, 4) is 23.0 Å². The fraction of sp³-hybridized carbons (Fsp3) is 0.0800. The summed E-state index contributed by atoms with van der Waals surface area (Å²) in [6, 6.07) is 26.4. The predicted octanol–water partition coefficient (Wildman–Crippen LogP) is 6.89. The number of hydrogen-bond donors (Lipinski definition) is 0. The fourth-order valence-electron chi connectivity index (χ4n) is 3.94. The third-order valence-electron chi connectivity index (χ3n) is 5.40. The van der Waals surface area contributed by atoms with Gasteiger partial charge in [-0.25, -0.2) is 0 Å². The van der Waals surface area contributed by atoms with Gasteiger partial charge in [0.05, 0.1) is 18.0 Å². The molecule has 3 aromatic carbocycles. The molecule has 0 amide bonds. The number of fused-ring (bicyclic) bond motifs is 2. The van der Waals surface area contributed by atoms with Crippen LogP contribution in [0, 0.1) is 0 Å². The summed E-state index contributed by atoms with van der Waals surface area (Å²) in [5.41, 5.74) is 5.24. The number of thiophene rings is 1. The van der Waals surface area contributed by atoms with Gasteiger partial charge in [-0.1, -0.05) is 24.3 Å². The molecule has 0 saturated carbocycles. The van der Waals surface area contributed by atoms with Gasteiger partial charge in [0.2, 0.25) is 5.89 Å². The van der Waals surface area contributed by atoms with Crippen molar-refractivity contribution in [1.82, 2.24) is 4.98 Å². The zero-order chi connectivity index (χ0) is 20.8. The van der Waals surface area contributed by atoms with E-state index in [-0.39, 0.29) is 0 Å². The molecule has 0 bridgehead atoms. The molecule has 0 atom stereocenters. The van der Waals surface area contributed by atoms with Gasteiger partial charge in [0.1, 0.15) is 11.5 Å². The smallest absolute Gasteiger partial charge is 0.228 e. The van der Waals surface area contributed by atoms with Crippen LogP contribution in [0.3, 0.4) is 0 Å². The van der Waals surface area contributed by atoms with Crippen LogP contribution in [0.5, 0.6) is 11.5 Å². The summed E-state index contributed by atoms with van der Waals surface area (Å²) in [6.07, 6.45) is 0. The number of nitrogens with zero attached hydrogens (tertiary/aromatic N) is 3. The van der Waals surface area contributed by atoms with Gasteiger partial charge >= 0.3 is 0 Å². The van der Waals surface area contributed by atoms with Crippen molar-refractivity contribution < 1.29 is 9.15 Å². The lowest BCUT2D eigenvalue weighted by molar-refractivity contribution is 0.482. The summed E-state index contributed by atoms with van der Waals surface area (Å²) < 4.78 is 12.1. The van der Waals surface area contributed by atoms with Gasteiger partial charge in [-0.2, -0.15) is 4.98 Å². The van der Waals surface area contributed by atoms with Crippen LogP contribution in [0.1, 0.15) is 0 Å². The molecule has 0 aliphatic carbocycles. The molecule has 0 fully saturated rings. The molecule has 3 heterocycles. The Morgan fingerprint density at radius 3 is 2.58 bits per heavy atom. The quantitative estimate of drug-likeness (QED) is 0.313. The topological polar surface area (TPSA) is 41.7 Å². The zero-order valence-corrected chi connectivity index (χ0v) is 17.7. The lowest BCUT2D eigenvalue weighted by atomic mass is 10.2. The van der Waals surface area contributed by atoms with Crippen molar-refractivity contribution in [2.45, 2.75) is 0 Å². The minimum atomic E-state index is 0.609. The predicted molar refractivity (Wildman–Crippen MR) is 126 cm³/mol. The van der Waals surface area contributed by atoms with Gasteiger partial charge in [-0.05, 0) is 53.9 Å². The van der Waals surface area contributed by atoms with E-state index >= 15 is 0 Å². The van der Waals surface area contributed by atoms with Gasteiger partial charge in [-0.15, -0.1) is 11.3 Å². The second-order valence-electron chi connectivity index (χ2n) is 7.49. The Morgan fingerprint density at radius 1 is 0.903 bits per heavy atom. The molecule has 0 spiro atoms. The monoisotopic (exact) mass is 425 g/mol. The molecule has 5 nitrogen and oxygen atoms in total. The average Bonchev–Trinajstić information content (AvgIpc) is 3.48. The minimum Gasteiger partial charge on any atom is -0.457 e. The molecule has 1 aliphatic rings. The van der Waals surface area contributed by atoms with Crippen molar-refractivity contribution in [2.24, 2.45) is 0 Å². The van der Waals surface area contributed by atoms with Crippen molar-refractivity contribution in [3.05, 3.63) is 84.2 Å². The van der Waals surface area contributed by atoms with E-state index in [4.69, 9.17) is 9.15 Å². The summed E-state index contributed by atoms with van der Waals surface area (Å²) in [5.74, 6) is 2.14. The zero-order valence-electron chi connectivity index (χ0n) is 16.9. The normalized spacial score (nSPS) is 13.1.